The maximum atomic E-state index is 13.2. The van der Waals surface area contributed by atoms with Gasteiger partial charge >= 0.3 is 5.97 Å². The van der Waals surface area contributed by atoms with Gasteiger partial charge in [0, 0.05) is 16.7 Å². The summed E-state index contributed by atoms with van der Waals surface area (Å²) >= 11 is 0. The topological polar surface area (TPSA) is 62.3 Å². The van der Waals surface area contributed by atoms with Crippen molar-refractivity contribution in [3.63, 3.8) is 0 Å². The Labute approximate surface area is 131 Å². The van der Waals surface area contributed by atoms with Crippen molar-refractivity contribution in [3.8, 4) is 28.1 Å². The number of para-hydroxylation sites is 1. The van der Waals surface area contributed by atoms with Crippen LogP contribution in [0.1, 0.15) is 16.1 Å². The molecule has 1 aliphatic rings. The summed E-state index contributed by atoms with van der Waals surface area (Å²) in [6.07, 6.45) is 0. The highest BCUT2D eigenvalue weighted by Crippen LogP contribution is 2.42. The molecular formula is C18H12FNO3. The lowest BCUT2D eigenvalue weighted by atomic mass is 9.96. The molecule has 0 radical (unpaired) electrons. The van der Waals surface area contributed by atoms with Gasteiger partial charge in [-0.05, 0) is 29.8 Å². The van der Waals surface area contributed by atoms with E-state index >= 15 is 0 Å². The number of rotatable bonds is 2. The third kappa shape index (κ3) is 2.09. The minimum Gasteiger partial charge on any atom is -0.488 e. The summed E-state index contributed by atoms with van der Waals surface area (Å²) in [4.78, 5) is 14.6. The number of nitrogens with one attached hydrogen (secondary N) is 1. The smallest absolute Gasteiger partial charge is 0.352 e. The molecule has 0 aliphatic carbocycles. The molecule has 0 unspecified atom stereocenters. The third-order valence-corrected chi connectivity index (χ3v) is 3.98. The Morgan fingerprint density at radius 3 is 2.61 bits per heavy atom. The molecule has 4 rings (SSSR count). The number of hydrogen-bond donors (Lipinski definition) is 2. The fourth-order valence-corrected chi connectivity index (χ4v) is 2.96. The highest BCUT2D eigenvalue weighted by atomic mass is 19.1. The van der Waals surface area contributed by atoms with E-state index in [4.69, 9.17) is 4.74 Å². The minimum absolute atomic E-state index is 0.0851. The van der Waals surface area contributed by atoms with Crippen molar-refractivity contribution in [2.75, 3.05) is 0 Å². The molecule has 0 saturated heterocycles. The van der Waals surface area contributed by atoms with Crippen molar-refractivity contribution in [2.45, 2.75) is 6.61 Å². The van der Waals surface area contributed by atoms with E-state index < -0.39 is 5.97 Å². The predicted molar refractivity (Wildman–Crippen MR) is 82.9 cm³/mol. The molecule has 3 aromatic rings. The van der Waals surface area contributed by atoms with E-state index in [1.165, 1.54) is 12.1 Å². The molecule has 0 bridgehead atoms. The molecule has 2 heterocycles. The van der Waals surface area contributed by atoms with Crippen molar-refractivity contribution in [2.24, 2.45) is 0 Å². The highest BCUT2D eigenvalue weighted by molar-refractivity contribution is 5.98. The van der Waals surface area contributed by atoms with Gasteiger partial charge in [-0.15, -0.1) is 0 Å². The molecule has 2 N–H and O–H groups in total. The van der Waals surface area contributed by atoms with Crippen LogP contribution in [0.4, 0.5) is 4.39 Å². The Balaban J connectivity index is 1.99. The van der Waals surface area contributed by atoms with Crippen LogP contribution < -0.4 is 4.74 Å². The average Bonchev–Trinajstić information content (AvgIpc) is 2.96. The van der Waals surface area contributed by atoms with Gasteiger partial charge in [0.15, 0.2) is 0 Å². The van der Waals surface area contributed by atoms with Gasteiger partial charge in [0.1, 0.15) is 23.9 Å². The molecular weight excluding hydrogens is 297 g/mol. The molecule has 1 aromatic heterocycles. The van der Waals surface area contributed by atoms with Crippen LogP contribution in [0, 0.1) is 5.82 Å². The molecule has 4 nitrogen and oxygen atoms in total. The zero-order valence-electron chi connectivity index (χ0n) is 12.0. The summed E-state index contributed by atoms with van der Waals surface area (Å²) in [6.45, 7) is 0.267. The zero-order valence-corrected chi connectivity index (χ0v) is 12.0. The fraction of sp³-hybridized carbons (Fsp3) is 0.0556. The van der Waals surface area contributed by atoms with Crippen LogP contribution in [0.15, 0.2) is 48.5 Å². The standard InChI is InChI=1S/C18H12FNO3/c19-11-7-5-10(6-8-11)15-13-9-23-14-4-2-1-3-12(14)16(13)20-17(15)18(21)22/h1-8,20H,9H2,(H,21,22). The molecule has 2 aromatic carbocycles. The van der Waals surface area contributed by atoms with Crippen molar-refractivity contribution >= 4 is 5.97 Å². The third-order valence-electron chi connectivity index (χ3n) is 3.98. The van der Waals surface area contributed by atoms with E-state index in [-0.39, 0.29) is 18.1 Å². The number of H-pyrrole nitrogens is 1. The van der Waals surface area contributed by atoms with Gasteiger partial charge in [0.25, 0.3) is 0 Å². The Hall–Kier alpha value is -3.08. The number of carboxylic acid groups (broad SMARTS) is 1. The number of halogens is 1. The highest BCUT2D eigenvalue weighted by Gasteiger charge is 2.28. The lowest BCUT2D eigenvalue weighted by Gasteiger charge is -2.18. The molecule has 5 heteroatoms. The number of aromatic carboxylic acids is 1. The summed E-state index contributed by atoms with van der Waals surface area (Å²) < 4.78 is 18.9. The normalized spacial score (nSPS) is 12.2. The van der Waals surface area contributed by atoms with Crippen LogP contribution in [0.5, 0.6) is 5.75 Å². The van der Waals surface area contributed by atoms with E-state index in [0.29, 0.717) is 16.9 Å². The molecule has 0 saturated carbocycles. The summed E-state index contributed by atoms with van der Waals surface area (Å²) in [5, 5.41) is 9.53. The zero-order chi connectivity index (χ0) is 16.0. The molecule has 0 fully saturated rings. The van der Waals surface area contributed by atoms with Crippen LogP contribution in [0.25, 0.3) is 22.4 Å². The molecule has 0 amide bonds. The maximum absolute atomic E-state index is 13.2. The number of carbonyl (C=O) groups is 1. The van der Waals surface area contributed by atoms with Gasteiger partial charge < -0.3 is 14.8 Å². The van der Waals surface area contributed by atoms with Gasteiger partial charge in [0.05, 0.1) is 5.69 Å². The van der Waals surface area contributed by atoms with Crippen molar-refractivity contribution in [1.29, 1.82) is 0 Å². The first-order valence-electron chi connectivity index (χ1n) is 7.11. The lowest BCUT2D eigenvalue weighted by Crippen LogP contribution is -2.05. The molecule has 0 spiro atoms. The van der Waals surface area contributed by atoms with Gasteiger partial charge in [-0.3, -0.25) is 0 Å². The number of hydrogen-bond acceptors (Lipinski definition) is 2. The van der Waals surface area contributed by atoms with E-state index in [1.54, 1.807) is 12.1 Å². The summed E-state index contributed by atoms with van der Waals surface area (Å²) in [7, 11) is 0. The maximum Gasteiger partial charge on any atom is 0.352 e. The van der Waals surface area contributed by atoms with Crippen molar-refractivity contribution < 1.29 is 19.0 Å². The molecule has 23 heavy (non-hydrogen) atoms. The largest absolute Gasteiger partial charge is 0.488 e. The van der Waals surface area contributed by atoms with Gasteiger partial charge in [-0.1, -0.05) is 24.3 Å². The number of aromatic nitrogens is 1. The fourth-order valence-electron chi connectivity index (χ4n) is 2.96. The second-order valence-electron chi connectivity index (χ2n) is 5.33. The Bertz CT molecular complexity index is 913. The lowest BCUT2D eigenvalue weighted by molar-refractivity contribution is 0.0692. The van der Waals surface area contributed by atoms with Crippen LogP contribution in [-0.2, 0) is 6.61 Å². The van der Waals surface area contributed by atoms with Crippen molar-refractivity contribution in [3.05, 3.63) is 65.6 Å². The Morgan fingerprint density at radius 2 is 1.87 bits per heavy atom. The van der Waals surface area contributed by atoms with Gasteiger partial charge in [0.2, 0.25) is 0 Å². The summed E-state index contributed by atoms with van der Waals surface area (Å²) in [5.74, 6) is -0.711. The number of benzene rings is 2. The van der Waals surface area contributed by atoms with Crippen LogP contribution in [0.3, 0.4) is 0 Å². The summed E-state index contributed by atoms with van der Waals surface area (Å²) in [6, 6.07) is 13.2. The molecule has 1 aliphatic heterocycles. The van der Waals surface area contributed by atoms with Crippen LogP contribution in [0.2, 0.25) is 0 Å². The first kappa shape index (κ1) is 13.6. The second kappa shape index (κ2) is 4.98. The number of ether oxygens (including phenoxy) is 1. The van der Waals surface area contributed by atoms with Crippen molar-refractivity contribution in [1.82, 2.24) is 4.98 Å². The van der Waals surface area contributed by atoms with Crippen LogP contribution >= 0.6 is 0 Å². The minimum atomic E-state index is -1.06. The quantitative estimate of drug-likeness (QED) is 0.750. The van der Waals surface area contributed by atoms with E-state index in [1.807, 2.05) is 24.3 Å². The Kier molecular flexibility index (Phi) is 2.94. The SMILES string of the molecule is O=C(O)c1[nH]c2c(c1-c1ccc(F)cc1)COc1ccccc1-2. The first-order valence-corrected chi connectivity index (χ1v) is 7.11. The monoisotopic (exact) mass is 309 g/mol. The van der Waals surface area contributed by atoms with Gasteiger partial charge in [-0.25, -0.2) is 9.18 Å². The molecule has 0 atom stereocenters. The van der Waals surface area contributed by atoms with E-state index in [9.17, 15) is 14.3 Å². The summed E-state index contributed by atoms with van der Waals surface area (Å²) in [5.41, 5.74) is 3.61. The second-order valence-corrected chi connectivity index (χ2v) is 5.33. The predicted octanol–water partition coefficient (Wildman–Crippen LogP) is 4.08. The van der Waals surface area contributed by atoms with E-state index in [2.05, 4.69) is 4.98 Å². The number of carboxylic acids is 1. The average molecular weight is 309 g/mol. The molecule has 114 valence electrons. The van der Waals surface area contributed by atoms with E-state index in [0.717, 1.165) is 16.8 Å². The first-order chi connectivity index (χ1) is 11.1. The van der Waals surface area contributed by atoms with Crippen LogP contribution in [-0.4, -0.2) is 16.1 Å². The Morgan fingerprint density at radius 1 is 1.13 bits per heavy atom. The number of fused-ring (bicyclic) bond motifs is 3. The van der Waals surface area contributed by atoms with Gasteiger partial charge in [-0.2, -0.15) is 0 Å². The number of aromatic amines is 1.